The minimum absolute atomic E-state index is 0.000902. The van der Waals surface area contributed by atoms with Crippen molar-refractivity contribution < 1.29 is 27.1 Å². The summed E-state index contributed by atoms with van der Waals surface area (Å²) in [4.78, 5) is 23.6. The Morgan fingerprint density at radius 2 is 1.76 bits per heavy atom. The van der Waals surface area contributed by atoms with E-state index < -0.39 is 16.5 Å². The number of carbonyl (C=O) groups is 1. The summed E-state index contributed by atoms with van der Waals surface area (Å²) in [7, 11) is -2.49. The Labute approximate surface area is 193 Å². The standard InChI is InChI=1S/C22H27FN4O5S/c23-16-1-2-19-17(13-16)20(26-5-3-22(4-6-26)31-11-12-32-22)18(14-24-19)21(28)27-9-7-25(8-10-27)15-33(29)30/h1-2,13-14,33H,3-12,15H2. The fourth-order valence-electron chi connectivity index (χ4n) is 4.93. The number of rotatable bonds is 4. The highest BCUT2D eigenvalue weighted by Crippen LogP contribution is 2.37. The fraction of sp³-hybridized carbons (Fsp3) is 0.545. The number of ether oxygens (including phenoxy) is 2. The number of piperidine rings is 1. The van der Waals surface area contributed by atoms with Crippen LogP contribution in [0.2, 0.25) is 0 Å². The first kappa shape index (κ1) is 22.5. The van der Waals surface area contributed by atoms with E-state index in [2.05, 4.69) is 9.88 Å². The molecule has 1 spiro atoms. The second-order valence-corrected chi connectivity index (χ2v) is 9.61. The number of hydrogen-bond donors (Lipinski definition) is 1. The topological polar surface area (TPSA) is 92.3 Å². The number of hydrogen-bond acceptors (Lipinski definition) is 8. The maximum absolute atomic E-state index is 14.2. The number of fused-ring (bicyclic) bond motifs is 1. The summed E-state index contributed by atoms with van der Waals surface area (Å²) in [5.74, 6) is -1.12. The lowest BCUT2D eigenvalue weighted by molar-refractivity contribution is -0.169. The molecule has 0 N–H and O–H groups in total. The third-order valence-electron chi connectivity index (χ3n) is 6.66. The number of halogens is 1. The third-order valence-corrected chi connectivity index (χ3v) is 7.29. The summed E-state index contributed by atoms with van der Waals surface area (Å²) in [6.07, 6.45) is 2.89. The van der Waals surface area contributed by atoms with E-state index in [1.54, 1.807) is 17.2 Å². The Morgan fingerprint density at radius 3 is 2.42 bits per heavy atom. The van der Waals surface area contributed by atoms with E-state index in [1.165, 1.54) is 12.1 Å². The van der Waals surface area contributed by atoms with Crippen LogP contribution in [0.1, 0.15) is 23.2 Å². The maximum Gasteiger partial charge on any atom is 0.257 e. The highest BCUT2D eigenvalue weighted by molar-refractivity contribution is 7.72. The zero-order valence-electron chi connectivity index (χ0n) is 18.2. The number of carbonyl (C=O) groups excluding carboxylic acids is 1. The Hall–Kier alpha value is -2.34. The molecular weight excluding hydrogens is 451 g/mol. The largest absolute Gasteiger partial charge is 0.370 e. The summed E-state index contributed by atoms with van der Waals surface area (Å²) in [5, 5.41) is 0.604. The van der Waals surface area contributed by atoms with Crippen LogP contribution in [0.4, 0.5) is 10.1 Å². The van der Waals surface area contributed by atoms with Gasteiger partial charge in [0.1, 0.15) is 5.82 Å². The van der Waals surface area contributed by atoms with E-state index in [9.17, 15) is 17.6 Å². The average molecular weight is 479 g/mol. The minimum atomic E-state index is -2.49. The zero-order valence-corrected chi connectivity index (χ0v) is 19.1. The number of benzene rings is 1. The molecule has 3 aliphatic heterocycles. The SMILES string of the molecule is O=C(c1cnc2ccc(F)cc2c1N1CCC2(CC1)OCCO2)N1CCN(C[SH](=O)=O)CC1. The molecule has 4 heterocycles. The molecule has 9 nitrogen and oxygen atoms in total. The van der Waals surface area contributed by atoms with Gasteiger partial charge in [-0.1, -0.05) is 0 Å². The molecule has 3 fully saturated rings. The van der Waals surface area contributed by atoms with Crippen LogP contribution < -0.4 is 4.90 Å². The van der Waals surface area contributed by atoms with Gasteiger partial charge in [0, 0.05) is 63.7 Å². The lowest BCUT2D eigenvalue weighted by atomic mass is 10.00. The van der Waals surface area contributed by atoms with Crippen molar-refractivity contribution in [2.75, 3.05) is 63.3 Å². The van der Waals surface area contributed by atoms with Crippen LogP contribution in [0, 0.1) is 5.82 Å². The van der Waals surface area contributed by atoms with E-state index in [0.29, 0.717) is 87.5 Å². The molecule has 0 unspecified atom stereocenters. The molecule has 1 amide bonds. The molecular formula is C22H27FN4O5S. The Kier molecular flexibility index (Phi) is 6.21. The number of piperazine rings is 1. The Morgan fingerprint density at radius 1 is 1.06 bits per heavy atom. The van der Waals surface area contributed by atoms with Crippen LogP contribution in [-0.4, -0.2) is 93.3 Å². The van der Waals surface area contributed by atoms with E-state index in [4.69, 9.17) is 9.47 Å². The molecule has 0 atom stereocenters. The molecule has 11 heteroatoms. The van der Waals surface area contributed by atoms with Gasteiger partial charge in [0.05, 0.1) is 35.9 Å². The summed E-state index contributed by atoms with van der Waals surface area (Å²) >= 11 is 0. The zero-order chi connectivity index (χ0) is 23.0. The predicted molar refractivity (Wildman–Crippen MR) is 120 cm³/mol. The first-order chi connectivity index (χ1) is 15.9. The minimum Gasteiger partial charge on any atom is -0.370 e. The first-order valence-corrected chi connectivity index (χ1v) is 12.5. The van der Waals surface area contributed by atoms with Crippen molar-refractivity contribution in [2.45, 2.75) is 18.6 Å². The Balaban J connectivity index is 1.44. The summed E-state index contributed by atoms with van der Waals surface area (Å²) in [5.41, 5.74) is 1.74. The summed E-state index contributed by atoms with van der Waals surface area (Å²) in [6, 6.07) is 4.43. The van der Waals surface area contributed by atoms with E-state index in [1.807, 2.05) is 4.90 Å². The quantitative estimate of drug-likeness (QED) is 0.652. The molecule has 0 aliphatic carbocycles. The van der Waals surface area contributed by atoms with Gasteiger partial charge in [0.2, 0.25) is 0 Å². The fourth-order valence-corrected chi connectivity index (χ4v) is 5.54. The predicted octanol–water partition coefficient (Wildman–Crippen LogP) is 1.04. The number of pyridine rings is 1. The second kappa shape index (κ2) is 9.13. The lowest BCUT2D eigenvalue weighted by Gasteiger charge is -2.40. The number of nitrogens with zero attached hydrogens (tertiary/aromatic N) is 4. The van der Waals surface area contributed by atoms with E-state index >= 15 is 0 Å². The van der Waals surface area contributed by atoms with Gasteiger partial charge < -0.3 is 19.3 Å². The lowest BCUT2D eigenvalue weighted by Crippen LogP contribution is -2.49. The van der Waals surface area contributed by atoms with Gasteiger partial charge in [-0.25, -0.2) is 12.8 Å². The highest BCUT2D eigenvalue weighted by atomic mass is 32.2. The van der Waals surface area contributed by atoms with Crippen molar-refractivity contribution in [2.24, 2.45) is 0 Å². The van der Waals surface area contributed by atoms with Crippen molar-refractivity contribution >= 4 is 33.2 Å². The summed E-state index contributed by atoms with van der Waals surface area (Å²) in [6.45, 7) is 4.21. The van der Waals surface area contributed by atoms with Gasteiger partial charge in [0.25, 0.3) is 5.91 Å². The molecule has 1 aromatic carbocycles. The third kappa shape index (κ3) is 4.54. The highest BCUT2D eigenvalue weighted by Gasteiger charge is 2.41. The Bertz CT molecular complexity index is 1110. The number of thiol groups is 1. The van der Waals surface area contributed by atoms with Crippen LogP contribution in [0.15, 0.2) is 24.4 Å². The van der Waals surface area contributed by atoms with E-state index in [0.717, 1.165) is 0 Å². The second-order valence-electron chi connectivity index (χ2n) is 8.66. The maximum atomic E-state index is 14.2. The first-order valence-electron chi connectivity index (χ1n) is 11.2. The molecule has 0 radical (unpaired) electrons. The number of anilines is 1. The molecule has 5 rings (SSSR count). The van der Waals surface area contributed by atoms with Gasteiger partial charge in [-0.05, 0) is 18.2 Å². The summed E-state index contributed by atoms with van der Waals surface area (Å²) < 4.78 is 47.9. The van der Waals surface area contributed by atoms with Crippen LogP contribution in [-0.2, 0) is 20.2 Å². The van der Waals surface area contributed by atoms with Crippen molar-refractivity contribution in [3.63, 3.8) is 0 Å². The van der Waals surface area contributed by atoms with Gasteiger partial charge in [0.15, 0.2) is 16.5 Å². The molecule has 3 aliphatic rings. The number of aromatic nitrogens is 1. The molecule has 1 aromatic heterocycles. The van der Waals surface area contributed by atoms with Crippen molar-refractivity contribution in [1.82, 2.24) is 14.8 Å². The van der Waals surface area contributed by atoms with Crippen LogP contribution in [0.5, 0.6) is 0 Å². The molecule has 2 aromatic rings. The molecule has 3 saturated heterocycles. The van der Waals surface area contributed by atoms with Crippen LogP contribution in [0.3, 0.4) is 0 Å². The van der Waals surface area contributed by atoms with E-state index in [-0.39, 0.29) is 17.6 Å². The van der Waals surface area contributed by atoms with Gasteiger partial charge in [-0.3, -0.25) is 14.7 Å². The molecule has 0 saturated carbocycles. The molecule has 178 valence electrons. The molecule has 0 bridgehead atoms. The van der Waals surface area contributed by atoms with Gasteiger partial charge >= 0.3 is 0 Å². The normalized spacial score (nSPS) is 21.4. The number of amides is 1. The monoisotopic (exact) mass is 478 g/mol. The van der Waals surface area contributed by atoms with Crippen molar-refractivity contribution in [1.29, 1.82) is 0 Å². The van der Waals surface area contributed by atoms with Crippen LogP contribution in [0.25, 0.3) is 10.9 Å². The average Bonchev–Trinajstić information content (AvgIpc) is 3.26. The van der Waals surface area contributed by atoms with Crippen molar-refractivity contribution in [3.05, 3.63) is 35.8 Å². The van der Waals surface area contributed by atoms with Crippen molar-refractivity contribution in [3.8, 4) is 0 Å². The molecule has 33 heavy (non-hydrogen) atoms. The smallest absolute Gasteiger partial charge is 0.257 e. The van der Waals surface area contributed by atoms with Gasteiger partial charge in [-0.15, -0.1) is 0 Å². The van der Waals surface area contributed by atoms with Gasteiger partial charge in [-0.2, -0.15) is 0 Å². The van der Waals surface area contributed by atoms with Crippen LogP contribution >= 0.6 is 0 Å².